The third kappa shape index (κ3) is 2.78. The molecule has 1 unspecified atom stereocenters. The van der Waals surface area contributed by atoms with Crippen LogP contribution in [-0.4, -0.2) is 30.3 Å². The van der Waals surface area contributed by atoms with E-state index >= 15 is 0 Å². The van der Waals surface area contributed by atoms with Crippen LogP contribution in [0.3, 0.4) is 0 Å². The molecular formula is C15H17ClN2O2S. The van der Waals surface area contributed by atoms with E-state index in [9.17, 15) is 8.42 Å². The Morgan fingerprint density at radius 2 is 2.05 bits per heavy atom. The van der Waals surface area contributed by atoms with Gasteiger partial charge in [-0.1, -0.05) is 18.0 Å². The molecule has 0 radical (unpaired) electrons. The number of rotatable bonds is 2. The van der Waals surface area contributed by atoms with Crippen molar-refractivity contribution in [3.8, 4) is 0 Å². The zero-order chi connectivity index (χ0) is 15.0. The number of halogens is 1. The van der Waals surface area contributed by atoms with Crippen molar-refractivity contribution in [2.45, 2.75) is 37.1 Å². The molecule has 0 spiro atoms. The number of fused-ring (bicyclic) bond motifs is 1. The van der Waals surface area contributed by atoms with E-state index in [0.29, 0.717) is 22.1 Å². The fraction of sp³-hybridized carbons (Fsp3) is 0.400. The zero-order valence-electron chi connectivity index (χ0n) is 11.8. The van der Waals surface area contributed by atoms with Gasteiger partial charge in [-0.3, -0.25) is 0 Å². The minimum atomic E-state index is -3.44. The summed E-state index contributed by atoms with van der Waals surface area (Å²) in [7, 11) is -3.44. The lowest BCUT2D eigenvalue weighted by atomic mass is 10.1. The molecule has 21 heavy (non-hydrogen) atoms. The molecule has 1 aliphatic heterocycles. The van der Waals surface area contributed by atoms with Crippen molar-refractivity contribution in [1.82, 2.24) is 9.29 Å². The molecule has 1 aromatic heterocycles. The molecule has 0 bridgehead atoms. The average Bonchev–Trinajstić information content (AvgIpc) is 2.47. The minimum absolute atomic E-state index is 0.0581. The summed E-state index contributed by atoms with van der Waals surface area (Å²) in [6.45, 7) is 2.57. The maximum absolute atomic E-state index is 12.8. The standard InChI is InChI=1S/C15H17ClN2O2S/c1-11-4-2-3-9-18(11)21(19,20)13-6-7-14-12(10-13)5-8-15(16)17-14/h5-8,10-11H,2-4,9H2,1H3. The van der Waals surface area contributed by atoms with Crippen LogP contribution in [0.1, 0.15) is 26.2 Å². The third-order valence-corrected chi connectivity index (χ3v) is 6.20. The van der Waals surface area contributed by atoms with Gasteiger partial charge in [0.15, 0.2) is 0 Å². The second-order valence-electron chi connectivity index (χ2n) is 5.45. The van der Waals surface area contributed by atoms with Gasteiger partial charge in [0.2, 0.25) is 10.0 Å². The van der Waals surface area contributed by atoms with E-state index in [-0.39, 0.29) is 6.04 Å². The molecule has 1 aromatic carbocycles. The first-order valence-corrected chi connectivity index (χ1v) is 8.88. The molecule has 2 aromatic rings. The van der Waals surface area contributed by atoms with Crippen LogP contribution in [0.5, 0.6) is 0 Å². The van der Waals surface area contributed by atoms with E-state index in [4.69, 9.17) is 11.6 Å². The summed E-state index contributed by atoms with van der Waals surface area (Å²) in [4.78, 5) is 4.51. The molecule has 1 fully saturated rings. The van der Waals surface area contributed by atoms with Crippen LogP contribution >= 0.6 is 11.6 Å². The molecule has 0 amide bonds. The topological polar surface area (TPSA) is 50.3 Å². The molecule has 6 heteroatoms. The largest absolute Gasteiger partial charge is 0.243 e. The number of piperidine rings is 1. The Kier molecular flexibility index (Phi) is 3.90. The molecule has 1 saturated heterocycles. The van der Waals surface area contributed by atoms with Gasteiger partial charge in [-0.25, -0.2) is 13.4 Å². The van der Waals surface area contributed by atoms with Crippen LogP contribution in [0.15, 0.2) is 35.2 Å². The summed E-state index contributed by atoms with van der Waals surface area (Å²) in [5.74, 6) is 0. The third-order valence-electron chi connectivity index (χ3n) is 3.98. The molecule has 0 N–H and O–H groups in total. The molecule has 112 valence electrons. The lowest BCUT2D eigenvalue weighted by Gasteiger charge is -2.32. The lowest BCUT2D eigenvalue weighted by Crippen LogP contribution is -2.41. The monoisotopic (exact) mass is 324 g/mol. The maximum Gasteiger partial charge on any atom is 0.243 e. The fourth-order valence-electron chi connectivity index (χ4n) is 2.80. The summed E-state index contributed by atoms with van der Waals surface area (Å²) in [5.41, 5.74) is 0.702. The molecule has 3 rings (SSSR count). The highest BCUT2D eigenvalue weighted by Gasteiger charge is 2.30. The van der Waals surface area contributed by atoms with Gasteiger partial charge in [-0.2, -0.15) is 4.31 Å². The molecule has 2 heterocycles. The predicted molar refractivity (Wildman–Crippen MR) is 84.0 cm³/mol. The van der Waals surface area contributed by atoms with E-state index in [0.717, 1.165) is 24.6 Å². The molecule has 4 nitrogen and oxygen atoms in total. The molecule has 1 aliphatic rings. The van der Waals surface area contributed by atoms with Gasteiger partial charge in [0.05, 0.1) is 10.4 Å². The quantitative estimate of drug-likeness (QED) is 0.795. The first-order valence-electron chi connectivity index (χ1n) is 7.06. The van der Waals surface area contributed by atoms with Crippen LogP contribution < -0.4 is 0 Å². The van der Waals surface area contributed by atoms with Crippen molar-refractivity contribution in [3.63, 3.8) is 0 Å². The highest BCUT2D eigenvalue weighted by Crippen LogP contribution is 2.27. The molecular weight excluding hydrogens is 308 g/mol. The van der Waals surface area contributed by atoms with Crippen LogP contribution in [0, 0.1) is 0 Å². The van der Waals surface area contributed by atoms with Crippen molar-refractivity contribution in [1.29, 1.82) is 0 Å². The predicted octanol–water partition coefficient (Wildman–Crippen LogP) is 3.45. The van der Waals surface area contributed by atoms with Crippen molar-refractivity contribution in [2.75, 3.05) is 6.54 Å². The van der Waals surface area contributed by atoms with E-state index in [1.54, 1.807) is 34.6 Å². The number of hydrogen-bond donors (Lipinski definition) is 0. The van der Waals surface area contributed by atoms with E-state index in [1.807, 2.05) is 6.92 Å². The maximum atomic E-state index is 12.8. The van der Waals surface area contributed by atoms with E-state index < -0.39 is 10.0 Å². The van der Waals surface area contributed by atoms with Crippen molar-refractivity contribution >= 4 is 32.5 Å². The van der Waals surface area contributed by atoms with Gasteiger partial charge in [-0.05, 0) is 50.1 Å². The Bertz CT molecular complexity index is 776. The first kappa shape index (κ1) is 14.8. The summed E-state index contributed by atoms with van der Waals surface area (Å²) >= 11 is 5.85. The fourth-order valence-corrected chi connectivity index (χ4v) is 4.69. The Labute approximate surface area is 129 Å². The van der Waals surface area contributed by atoms with Gasteiger partial charge in [-0.15, -0.1) is 0 Å². The SMILES string of the molecule is CC1CCCCN1S(=O)(=O)c1ccc2nc(Cl)ccc2c1. The molecule has 0 saturated carbocycles. The van der Waals surface area contributed by atoms with E-state index in [1.165, 1.54) is 0 Å². The van der Waals surface area contributed by atoms with Crippen LogP contribution in [0.25, 0.3) is 10.9 Å². The van der Waals surface area contributed by atoms with Gasteiger partial charge in [0.25, 0.3) is 0 Å². The summed E-state index contributed by atoms with van der Waals surface area (Å²) in [5, 5.41) is 1.19. The van der Waals surface area contributed by atoms with E-state index in [2.05, 4.69) is 4.98 Å². The van der Waals surface area contributed by atoms with Crippen LogP contribution in [-0.2, 0) is 10.0 Å². The van der Waals surface area contributed by atoms with Crippen molar-refractivity contribution < 1.29 is 8.42 Å². The smallest absolute Gasteiger partial charge is 0.236 e. The number of pyridine rings is 1. The zero-order valence-corrected chi connectivity index (χ0v) is 13.4. The number of aromatic nitrogens is 1. The van der Waals surface area contributed by atoms with Crippen LogP contribution in [0.4, 0.5) is 0 Å². The Morgan fingerprint density at radius 3 is 2.81 bits per heavy atom. The highest BCUT2D eigenvalue weighted by atomic mass is 35.5. The second kappa shape index (κ2) is 5.55. The second-order valence-corrected chi connectivity index (χ2v) is 7.73. The van der Waals surface area contributed by atoms with Gasteiger partial charge >= 0.3 is 0 Å². The number of benzene rings is 1. The Hall–Kier alpha value is -1.17. The summed E-state index contributed by atoms with van der Waals surface area (Å²) < 4.78 is 27.2. The van der Waals surface area contributed by atoms with Gasteiger partial charge < -0.3 is 0 Å². The lowest BCUT2D eigenvalue weighted by molar-refractivity contribution is 0.268. The average molecular weight is 325 g/mol. The normalized spacial score (nSPS) is 20.8. The minimum Gasteiger partial charge on any atom is -0.236 e. The van der Waals surface area contributed by atoms with Crippen molar-refractivity contribution in [2.24, 2.45) is 0 Å². The van der Waals surface area contributed by atoms with Crippen LogP contribution in [0.2, 0.25) is 5.15 Å². The summed E-state index contributed by atoms with van der Waals surface area (Å²) in [6, 6.07) is 8.52. The Balaban J connectivity index is 2.04. The molecule has 1 atom stereocenters. The Morgan fingerprint density at radius 1 is 1.24 bits per heavy atom. The number of hydrogen-bond acceptors (Lipinski definition) is 3. The van der Waals surface area contributed by atoms with Gasteiger partial charge in [0.1, 0.15) is 5.15 Å². The first-order chi connectivity index (χ1) is 9.98. The summed E-state index contributed by atoms with van der Waals surface area (Å²) in [6.07, 6.45) is 2.94. The number of nitrogens with zero attached hydrogens (tertiary/aromatic N) is 2. The number of sulfonamides is 1. The van der Waals surface area contributed by atoms with Gasteiger partial charge in [0, 0.05) is 18.0 Å². The molecule has 0 aliphatic carbocycles. The highest BCUT2D eigenvalue weighted by molar-refractivity contribution is 7.89. The van der Waals surface area contributed by atoms with Crippen molar-refractivity contribution in [3.05, 3.63) is 35.5 Å².